The first-order valence-electron chi connectivity index (χ1n) is 7.29. The van der Waals surface area contributed by atoms with Gasteiger partial charge in [0.25, 0.3) is 0 Å². The maximum atomic E-state index is 11.8. The fourth-order valence-corrected chi connectivity index (χ4v) is 3.14. The van der Waals surface area contributed by atoms with Crippen LogP contribution < -0.4 is 4.74 Å². The van der Waals surface area contributed by atoms with Gasteiger partial charge in [-0.2, -0.15) is 0 Å². The lowest BCUT2D eigenvalue weighted by Crippen LogP contribution is -2.14. The third-order valence-corrected chi connectivity index (χ3v) is 4.31. The molecule has 6 heteroatoms. The Kier molecular flexibility index (Phi) is 5.80. The number of fused-ring (bicyclic) bond motifs is 1. The number of hydrogen-bond donors (Lipinski definition) is 0. The van der Waals surface area contributed by atoms with Gasteiger partial charge in [0.2, 0.25) is 0 Å². The van der Waals surface area contributed by atoms with Crippen LogP contribution in [-0.4, -0.2) is 12.8 Å². The molecule has 2 aromatic rings. The summed E-state index contributed by atoms with van der Waals surface area (Å²) in [7, 11) is 0. The van der Waals surface area contributed by atoms with E-state index in [9.17, 15) is 4.79 Å². The van der Waals surface area contributed by atoms with E-state index in [0.29, 0.717) is 17.4 Å². The zero-order chi connectivity index (χ0) is 16.8. The summed E-state index contributed by atoms with van der Waals surface area (Å²) >= 11 is 7.53. The molecule has 1 aliphatic rings. The van der Waals surface area contributed by atoms with E-state index >= 15 is 0 Å². The zero-order valence-corrected chi connectivity index (χ0v) is 14.3. The lowest BCUT2D eigenvalue weighted by atomic mass is 10.1. The molecule has 0 saturated carbocycles. The molecule has 4 nitrogen and oxygen atoms in total. The molecule has 124 valence electrons. The zero-order valence-electron chi connectivity index (χ0n) is 12.7. The van der Waals surface area contributed by atoms with Crippen LogP contribution in [0.5, 0.6) is 5.75 Å². The summed E-state index contributed by atoms with van der Waals surface area (Å²) < 4.78 is 16.0. The van der Waals surface area contributed by atoms with Gasteiger partial charge in [0, 0.05) is 27.1 Å². The molecular weight excluding hydrogens is 348 g/mol. The van der Waals surface area contributed by atoms with Crippen molar-refractivity contribution in [2.75, 3.05) is 6.79 Å². The lowest BCUT2D eigenvalue weighted by Gasteiger charge is -2.20. The van der Waals surface area contributed by atoms with Crippen molar-refractivity contribution in [1.29, 1.82) is 0 Å². The molecule has 2 aromatic carbocycles. The number of ether oxygens (including phenoxy) is 3. The van der Waals surface area contributed by atoms with Gasteiger partial charge in [-0.25, -0.2) is 4.79 Å². The molecule has 24 heavy (non-hydrogen) atoms. The van der Waals surface area contributed by atoms with Crippen LogP contribution in [0.2, 0.25) is 5.02 Å². The average Bonchev–Trinajstić information content (AvgIpc) is 2.60. The van der Waals surface area contributed by atoms with Crippen LogP contribution in [0, 0.1) is 0 Å². The van der Waals surface area contributed by atoms with Crippen molar-refractivity contribution in [3.05, 3.63) is 70.1 Å². The van der Waals surface area contributed by atoms with E-state index in [1.165, 1.54) is 17.8 Å². The average molecular weight is 363 g/mol. The Bertz CT molecular complexity index is 746. The highest BCUT2D eigenvalue weighted by atomic mass is 35.5. The molecule has 0 amide bonds. The van der Waals surface area contributed by atoms with Crippen molar-refractivity contribution in [2.24, 2.45) is 0 Å². The maximum absolute atomic E-state index is 11.8. The van der Waals surface area contributed by atoms with Crippen LogP contribution in [0.4, 0.5) is 0 Å². The van der Waals surface area contributed by atoms with Crippen molar-refractivity contribution in [1.82, 2.24) is 0 Å². The molecular formula is C18H15ClO4S. The molecule has 0 bridgehead atoms. The third kappa shape index (κ3) is 4.54. The number of hydrogen-bond acceptors (Lipinski definition) is 5. The highest BCUT2D eigenvalue weighted by Gasteiger charge is 2.17. The van der Waals surface area contributed by atoms with E-state index in [-0.39, 0.29) is 13.4 Å². The number of carbonyl (C=O) groups excluding carboxylic acids is 1. The molecule has 0 fully saturated rings. The quantitative estimate of drug-likeness (QED) is 0.443. The van der Waals surface area contributed by atoms with E-state index in [2.05, 4.69) is 0 Å². The minimum atomic E-state index is -0.417. The Morgan fingerprint density at radius 2 is 2.12 bits per heavy atom. The Labute approximate surface area is 149 Å². The number of halogens is 1. The van der Waals surface area contributed by atoms with Gasteiger partial charge in [0.1, 0.15) is 12.4 Å². The molecule has 0 saturated heterocycles. The van der Waals surface area contributed by atoms with E-state index < -0.39 is 5.97 Å². The molecule has 1 heterocycles. The smallest absolute Gasteiger partial charge is 0.331 e. The van der Waals surface area contributed by atoms with Gasteiger partial charge >= 0.3 is 5.97 Å². The molecule has 0 atom stereocenters. The second-order valence-corrected chi connectivity index (χ2v) is 6.42. The fraction of sp³-hybridized carbons (Fsp3) is 0.167. The van der Waals surface area contributed by atoms with Crippen LogP contribution >= 0.6 is 23.4 Å². The molecule has 0 unspecified atom stereocenters. The molecule has 1 aliphatic heterocycles. The minimum Gasteiger partial charge on any atom is -0.467 e. The molecule has 0 radical (unpaired) electrons. The van der Waals surface area contributed by atoms with Crippen molar-refractivity contribution in [3.8, 4) is 5.75 Å². The summed E-state index contributed by atoms with van der Waals surface area (Å²) in [6.45, 7) is 0.718. The van der Waals surface area contributed by atoms with E-state index in [0.717, 1.165) is 16.0 Å². The minimum absolute atomic E-state index is 0.0993. The fourth-order valence-electron chi connectivity index (χ4n) is 2.23. The summed E-state index contributed by atoms with van der Waals surface area (Å²) in [5.74, 6) is 0.264. The largest absolute Gasteiger partial charge is 0.467 e. The summed E-state index contributed by atoms with van der Waals surface area (Å²) in [5, 5.41) is 2.26. The van der Waals surface area contributed by atoms with Gasteiger partial charge in [-0.15, -0.1) is 0 Å². The standard InChI is InChI=1S/C18H15ClO4S/c19-15-8-13-10-21-12-23-18(13)14(9-15)11-22-17(20)6-7-24-16-4-2-1-3-5-16/h1-9H,10-12H2/b7-6+. The van der Waals surface area contributed by atoms with Gasteiger partial charge in [-0.1, -0.05) is 41.6 Å². The second-order valence-electron chi connectivity index (χ2n) is 5.01. The molecule has 0 aliphatic carbocycles. The number of thioether (sulfide) groups is 1. The second kappa shape index (κ2) is 8.24. The van der Waals surface area contributed by atoms with Crippen molar-refractivity contribution in [2.45, 2.75) is 18.1 Å². The first-order chi connectivity index (χ1) is 11.7. The number of esters is 1. The monoisotopic (exact) mass is 362 g/mol. The summed E-state index contributed by atoms with van der Waals surface area (Å²) in [6, 6.07) is 13.3. The van der Waals surface area contributed by atoms with Gasteiger partial charge in [0.15, 0.2) is 6.79 Å². The van der Waals surface area contributed by atoms with E-state index in [1.807, 2.05) is 30.3 Å². The number of carbonyl (C=O) groups is 1. The molecule has 0 aromatic heterocycles. The normalized spacial score (nSPS) is 13.4. The van der Waals surface area contributed by atoms with Crippen LogP contribution in [0.15, 0.2) is 58.8 Å². The van der Waals surface area contributed by atoms with Gasteiger partial charge in [-0.05, 0) is 29.7 Å². The van der Waals surface area contributed by atoms with Crippen LogP contribution in [-0.2, 0) is 27.5 Å². The topological polar surface area (TPSA) is 44.8 Å². The Morgan fingerprint density at radius 1 is 1.29 bits per heavy atom. The third-order valence-electron chi connectivity index (χ3n) is 3.27. The lowest BCUT2D eigenvalue weighted by molar-refractivity contribution is -0.139. The van der Waals surface area contributed by atoms with Gasteiger partial charge < -0.3 is 14.2 Å². The highest BCUT2D eigenvalue weighted by Crippen LogP contribution is 2.32. The van der Waals surface area contributed by atoms with Crippen LogP contribution in [0.25, 0.3) is 0 Å². The van der Waals surface area contributed by atoms with Gasteiger partial charge in [0.05, 0.1) is 6.61 Å². The summed E-state index contributed by atoms with van der Waals surface area (Å²) in [4.78, 5) is 12.9. The van der Waals surface area contributed by atoms with Crippen LogP contribution in [0.3, 0.4) is 0 Å². The van der Waals surface area contributed by atoms with E-state index in [4.69, 9.17) is 25.8 Å². The van der Waals surface area contributed by atoms with Crippen LogP contribution in [0.1, 0.15) is 11.1 Å². The Hall–Kier alpha value is -1.95. The molecule has 0 spiro atoms. The SMILES string of the molecule is O=C(/C=C/Sc1ccccc1)OCc1cc(Cl)cc2c1OCOC2. The van der Waals surface area contributed by atoms with Crippen molar-refractivity contribution < 1.29 is 19.0 Å². The maximum Gasteiger partial charge on any atom is 0.331 e. The molecule has 3 rings (SSSR count). The first-order valence-corrected chi connectivity index (χ1v) is 8.55. The number of benzene rings is 2. The van der Waals surface area contributed by atoms with Crippen molar-refractivity contribution >= 4 is 29.3 Å². The Balaban J connectivity index is 1.57. The molecule has 0 N–H and O–H groups in total. The van der Waals surface area contributed by atoms with Crippen molar-refractivity contribution in [3.63, 3.8) is 0 Å². The predicted octanol–water partition coefficient (Wildman–Crippen LogP) is 4.56. The Morgan fingerprint density at radius 3 is 2.96 bits per heavy atom. The van der Waals surface area contributed by atoms with E-state index in [1.54, 1.807) is 17.5 Å². The summed E-state index contributed by atoms with van der Waals surface area (Å²) in [5.41, 5.74) is 1.59. The summed E-state index contributed by atoms with van der Waals surface area (Å²) in [6.07, 6.45) is 1.40. The first kappa shape index (κ1) is 16.9. The van der Waals surface area contributed by atoms with Gasteiger partial charge in [-0.3, -0.25) is 0 Å². The highest BCUT2D eigenvalue weighted by molar-refractivity contribution is 8.02. The predicted molar refractivity (Wildman–Crippen MR) is 93.0 cm³/mol. The number of rotatable bonds is 5.